The number of nitrogens with two attached hydrogens (primary N) is 1. The lowest BCUT2D eigenvalue weighted by Gasteiger charge is -2.15. The zero-order valence-corrected chi connectivity index (χ0v) is 10.3. The van der Waals surface area contributed by atoms with E-state index in [1.54, 1.807) is 0 Å². The number of nitrogens with zero attached hydrogens (tertiary/aromatic N) is 1. The summed E-state index contributed by atoms with van der Waals surface area (Å²) in [6.45, 7) is 1.53. The van der Waals surface area contributed by atoms with Gasteiger partial charge in [0.15, 0.2) is 5.69 Å². The number of halogens is 5. The van der Waals surface area contributed by atoms with Crippen molar-refractivity contribution in [1.82, 2.24) is 4.98 Å². The number of hydrogen-bond acceptors (Lipinski definition) is 4. The van der Waals surface area contributed by atoms with E-state index < -0.39 is 41.9 Å². The molecule has 0 amide bonds. The molecule has 112 valence electrons. The fourth-order valence-corrected chi connectivity index (χ4v) is 1.57. The van der Waals surface area contributed by atoms with Gasteiger partial charge in [0.05, 0.1) is 18.7 Å². The van der Waals surface area contributed by atoms with Gasteiger partial charge in [0.2, 0.25) is 0 Å². The van der Waals surface area contributed by atoms with E-state index in [1.165, 1.54) is 6.92 Å². The fourth-order valence-electron chi connectivity index (χ4n) is 1.57. The second-order valence-electron chi connectivity index (χ2n) is 3.74. The highest BCUT2D eigenvalue weighted by atomic mass is 19.4. The first kappa shape index (κ1) is 16.1. The molecule has 1 aromatic heterocycles. The summed E-state index contributed by atoms with van der Waals surface area (Å²) in [5, 5.41) is 0. The zero-order chi connectivity index (χ0) is 15.5. The summed E-state index contributed by atoms with van der Waals surface area (Å²) in [4.78, 5) is 14.2. The molecule has 0 aliphatic heterocycles. The topological polar surface area (TPSA) is 65.2 Å². The highest BCUT2D eigenvalue weighted by molar-refractivity contribution is 5.74. The van der Waals surface area contributed by atoms with Gasteiger partial charge in [-0.25, -0.2) is 13.8 Å². The van der Waals surface area contributed by atoms with Gasteiger partial charge in [-0.2, -0.15) is 13.2 Å². The first-order chi connectivity index (χ1) is 9.18. The number of carbonyl (C=O) groups excluding carboxylic acids is 1. The minimum Gasteiger partial charge on any atom is -0.466 e. The van der Waals surface area contributed by atoms with E-state index in [4.69, 9.17) is 5.73 Å². The highest BCUT2D eigenvalue weighted by Gasteiger charge is 2.37. The smallest absolute Gasteiger partial charge is 0.435 e. The van der Waals surface area contributed by atoms with E-state index >= 15 is 0 Å². The lowest BCUT2D eigenvalue weighted by molar-refractivity contribution is -0.142. The number of alkyl halides is 5. The van der Waals surface area contributed by atoms with E-state index in [9.17, 15) is 26.7 Å². The van der Waals surface area contributed by atoms with Crippen molar-refractivity contribution in [2.75, 3.05) is 12.3 Å². The van der Waals surface area contributed by atoms with Crippen molar-refractivity contribution in [1.29, 1.82) is 0 Å². The van der Waals surface area contributed by atoms with Gasteiger partial charge in [-0.1, -0.05) is 0 Å². The number of carbonyl (C=O) groups is 1. The number of aromatic nitrogens is 1. The van der Waals surface area contributed by atoms with Crippen LogP contribution in [0.15, 0.2) is 6.20 Å². The molecule has 0 aliphatic carbocycles. The Morgan fingerprint density at radius 1 is 1.45 bits per heavy atom. The monoisotopic (exact) mass is 298 g/mol. The van der Waals surface area contributed by atoms with Gasteiger partial charge in [-0.05, 0) is 12.5 Å². The van der Waals surface area contributed by atoms with Gasteiger partial charge in [0, 0.05) is 11.8 Å². The van der Waals surface area contributed by atoms with Crippen LogP contribution in [-0.2, 0) is 22.1 Å². The molecule has 0 radical (unpaired) electrons. The predicted octanol–water partition coefficient (Wildman–Crippen LogP) is 2.73. The van der Waals surface area contributed by atoms with Gasteiger partial charge in [0.1, 0.15) is 0 Å². The molecule has 0 aliphatic rings. The maximum absolute atomic E-state index is 12.9. The number of ether oxygens (including phenoxy) is 1. The predicted molar refractivity (Wildman–Crippen MR) is 58.9 cm³/mol. The molecule has 4 nitrogen and oxygen atoms in total. The first-order valence-corrected chi connectivity index (χ1v) is 5.46. The molecular formula is C11H11F5N2O2. The van der Waals surface area contributed by atoms with Gasteiger partial charge in [0.25, 0.3) is 6.43 Å². The van der Waals surface area contributed by atoms with Crippen LogP contribution in [0.3, 0.4) is 0 Å². The van der Waals surface area contributed by atoms with Crippen LogP contribution >= 0.6 is 0 Å². The third-order valence-corrected chi connectivity index (χ3v) is 2.37. The zero-order valence-electron chi connectivity index (χ0n) is 10.3. The van der Waals surface area contributed by atoms with Crippen molar-refractivity contribution >= 4 is 11.7 Å². The Morgan fingerprint density at radius 3 is 2.50 bits per heavy atom. The minimum atomic E-state index is -4.95. The fraction of sp³-hybridized carbons (Fsp3) is 0.455. The third-order valence-electron chi connectivity index (χ3n) is 2.37. The Balaban J connectivity index is 3.27. The van der Waals surface area contributed by atoms with E-state index in [0.29, 0.717) is 6.20 Å². The molecule has 0 spiro atoms. The number of esters is 1. The lowest BCUT2D eigenvalue weighted by atomic mass is 10.0. The minimum absolute atomic E-state index is 0.0202. The normalized spacial score (nSPS) is 11.8. The second-order valence-corrected chi connectivity index (χ2v) is 3.74. The van der Waals surface area contributed by atoms with Gasteiger partial charge >= 0.3 is 12.1 Å². The van der Waals surface area contributed by atoms with Crippen molar-refractivity contribution in [3.05, 3.63) is 23.0 Å². The molecule has 0 aromatic carbocycles. The quantitative estimate of drug-likeness (QED) is 0.685. The van der Waals surface area contributed by atoms with E-state index in [0.717, 1.165) is 0 Å². The van der Waals surface area contributed by atoms with Crippen LogP contribution in [0.5, 0.6) is 0 Å². The SMILES string of the molecule is CCOC(=O)Cc1cnc(C(F)(F)F)c(N)c1C(F)F. The average Bonchev–Trinajstić information content (AvgIpc) is 2.26. The van der Waals surface area contributed by atoms with E-state index in [2.05, 4.69) is 9.72 Å². The van der Waals surface area contributed by atoms with Crippen LogP contribution in [0.4, 0.5) is 27.6 Å². The molecule has 1 heterocycles. The summed E-state index contributed by atoms with van der Waals surface area (Å²) >= 11 is 0. The number of rotatable bonds is 4. The van der Waals surface area contributed by atoms with E-state index in [1.807, 2.05) is 0 Å². The molecule has 0 atom stereocenters. The summed E-state index contributed by atoms with van der Waals surface area (Å²) in [5.74, 6) is -0.852. The van der Waals surface area contributed by atoms with Gasteiger partial charge in [-0.3, -0.25) is 4.79 Å². The number of hydrogen-bond donors (Lipinski definition) is 1. The van der Waals surface area contributed by atoms with Crippen molar-refractivity contribution in [3.8, 4) is 0 Å². The molecule has 20 heavy (non-hydrogen) atoms. The van der Waals surface area contributed by atoms with Crippen molar-refractivity contribution in [2.45, 2.75) is 25.9 Å². The molecule has 0 fully saturated rings. The Bertz CT molecular complexity index is 502. The van der Waals surface area contributed by atoms with Crippen molar-refractivity contribution in [3.63, 3.8) is 0 Å². The van der Waals surface area contributed by atoms with Crippen LogP contribution in [0.25, 0.3) is 0 Å². The average molecular weight is 298 g/mol. The Hall–Kier alpha value is -1.93. The van der Waals surface area contributed by atoms with Gasteiger partial charge < -0.3 is 10.5 Å². The Kier molecular flexibility index (Phi) is 4.85. The maximum Gasteiger partial charge on any atom is 0.435 e. The third kappa shape index (κ3) is 3.55. The van der Waals surface area contributed by atoms with Crippen LogP contribution < -0.4 is 5.73 Å². The molecule has 0 bridgehead atoms. The summed E-state index contributed by atoms with van der Waals surface area (Å²) < 4.78 is 67.9. The largest absolute Gasteiger partial charge is 0.466 e. The molecule has 0 saturated carbocycles. The Labute approximate surface area is 110 Å². The summed E-state index contributed by atoms with van der Waals surface area (Å²) in [5.41, 5.74) is 0.911. The van der Waals surface area contributed by atoms with Crippen LogP contribution in [0, 0.1) is 0 Å². The number of anilines is 1. The Morgan fingerprint density at radius 2 is 2.05 bits per heavy atom. The highest BCUT2D eigenvalue weighted by Crippen LogP contribution is 2.38. The lowest BCUT2D eigenvalue weighted by Crippen LogP contribution is -2.17. The van der Waals surface area contributed by atoms with E-state index in [-0.39, 0.29) is 12.2 Å². The molecular weight excluding hydrogens is 287 g/mol. The summed E-state index contributed by atoms with van der Waals surface area (Å²) in [6, 6.07) is 0. The second kappa shape index (κ2) is 6.02. The first-order valence-electron chi connectivity index (χ1n) is 5.46. The summed E-state index contributed by atoms with van der Waals surface area (Å²) in [7, 11) is 0. The number of pyridine rings is 1. The van der Waals surface area contributed by atoms with Crippen LogP contribution in [-0.4, -0.2) is 17.6 Å². The molecule has 2 N–H and O–H groups in total. The van der Waals surface area contributed by atoms with Crippen molar-refractivity contribution in [2.24, 2.45) is 0 Å². The molecule has 9 heteroatoms. The molecule has 0 saturated heterocycles. The molecule has 0 unspecified atom stereocenters. The maximum atomic E-state index is 12.9. The number of nitrogen functional groups attached to an aromatic ring is 1. The standard InChI is InChI=1S/C11H11F5N2O2/c1-2-20-6(19)3-5-4-18-9(11(14,15)16)8(17)7(5)10(12)13/h4,10H,2-3,17H2,1H3. The summed E-state index contributed by atoms with van der Waals surface area (Å²) in [6.07, 6.45) is -8.26. The van der Waals surface area contributed by atoms with Gasteiger partial charge in [-0.15, -0.1) is 0 Å². The molecule has 1 aromatic rings. The van der Waals surface area contributed by atoms with Crippen LogP contribution in [0.1, 0.15) is 30.2 Å². The molecule has 1 rings (SSSR count). The van der Waals surface area contributed by atoms with Crippen LogP contribution in [0.2, 0.25) is 0 Å². The van der Waals surface area contributed by atoms with Crippen molar-refractivity contribution < 1.29 is 31.5 Å².